The van der Waals surface area contributed by atoms with Crippen molar-refractivity contribution in [2.75, 3.05) is 6.54 Å². The summed E-state index contributed by atoms with van der Waals surface area (Å²) in [4.78, 5) is 0. The lowest BCUT2D eigenvalue weighted by molar-refractivity contribution is 0.132. The second-order valence-electron chi connectivity index (χ2n) is 7.57. The summed E-state index contributed by atoms with van der Waals surface area (Å²) in [5.74, 6) is -0.735. The van der Waals surface area contributed by atoms with Crippen LogP contribution >= 0.6 is 0 Å². The van der Waals surface area contributed by atoms with Crippen LogP contribution in [0, 0.1) is 0 Å². The van der Waals surface area contributed by atoms with Crippen molar-refractivity contribution in [3.05, 3.63) is 65.2 Å². The molecule has 1 aliphatic heterocycles. The first kappa shape index (κ1) is 20.5. The molecule has 0 spiro atoms. The van der Waals surface area contributed by atoms with Crippen LogP contribution in [0.4, 0.5) is 0 Å². The largest absolute Gasteiger partial charge is 0.508 e. The van der Waals surface area contributed by atoms with Crippen molar-refractivity contribution >= 4 is 0 Å². The zero-order valence-corrected chi connectivity index (χ0v) is 16.5. The molecule has 0 aromatic heterocycles. The van der Waals surface area contributed by atoms with Crippen molar-refractivity contribution in [1.29, 1.82) is 0 Å². The Kier molecular flexibility index (Phi) is 5.39. The molecule has 8 heteroatoms. The average molecular weight is 425 g/mol. The zero-order valence-electron chi connectivity index (χ0n) is 16.5. The van der Waals surface area contributed by atoms with Crippen LogP contribution in [0.3, 0.4) is 0 Å². The molecule has 162 valence electrons. The van der Waals surface area contributed by atoms with Crippen LogP contribution in [0.1, 0.15) is 22.8 Å². The van der Waals surface area contributed by atoms with Gasteiger partial charge in [0.1, 0.15) is 23.4 Å². The van der Waals surface area contributed by atoms with E-state index in [1.165, 1.54) is 36.4 Å². The summed E-state index contributed by atoms with van der Waals surface area (Å²) in [5, 5.41) is 62.1. The molecule has 0 fully saturated rings. The van der Waals surface area contributed by atoms with Crippen molar-refractivity contribution in [3.8, 4) is 40.2 Å². The van der Waals surface area contributed by atoms with Gasteiger partial charge >= 0.3 is 0 Å². The van der Waals surface area contributed by atoms with E-state index in [4.69, 9.17) is 4.74 Å². The standard InChI is InChI=1S/C23H23NO7/c25-14-9-19(28)15-11-16(24-6-5-12-1-3-17(26)20(29)7-12)23(31-22(15)10-14)13-2-4-18(27)21(30)8-13/h1-4,7-10,16,23-30H,5-6,11H2. The summed E-state index contributed by atoms with van der Waals surface area (Å²) in [6.45, 7) is 0.507. The van der Waals surface area contributed by atoms with E-state index >= 15 is 0 Å². The van der Waals surface area contributed by atoms with E-state index in [0.717, 1.165) is 5.56 Å². The molecule has 7 N–H and O–H groups in total. The van der Waals surface area contributed by atoms with Gasteiger partial charge in [0, 0.05) is 17.7 Å². The van der Waals surface area contributed by atoms with Gasteiger partial charge in [-0.05, 0) is 54.8 Å². The fraction of sp³-hybridized carbons (Fsp3) is 0.217. The molecule has 0 bridgehead atoms. The maximum absolute atomic E-state index is 10.3. The molecule has 0 saturated heterocycles. The highest BCUT2D eigenvalue weighted by molar-refractivity contribution is 5.52. The minimum atomic E-state index is -0.562. The third kappa shape index (κ3) is 4.24. The molecule has 31 heavy (non-hydrogen) atoms. The number of aromatic hydroxyl groups is 6. The van der Waals surface area contributed by atoms with Crippen molar-refractivity contribution < 1.29 is 35.4 Å². The highest BCUT2D eigenvalue weighted by Crippen LogP contribution is 2.42. The molecule has 0 saturated carbocycles. The van der Waals surface area contributed by atoms with Crippen LogP contribution < -0.4 is 10.1 Å². The number of phenolic OH excluding ortho intramolecular Hbond substituents is 6. The van der Waals surface area contributed by atoms with E-state index in [9.17, 15) is 30.6 Å². The highest BCUT2D eigenvalue weighted by atomic mass is 16.5. The molecule has 1 aliphatic rings. The lowest BCUT2D eigenvalue weighted by Crippen LogP contribution is -2.42. The predicted octanol–water partition coefficient (Wildman–Crippen LogP) is 2.80. The second kappa shape index (κ2) is 8.16. The molecule has 2 unspecified atom stereocenters. The molecule has 2 atom stereocenters. The Morgan fingerprint density at radius 1 is 0.774 bits per heavy atom. The lowest BCUT2D eigenvalue weighted by Gasteiger charge is -2.35. The second-order valence-corrected chi connectivity index (χ2v) is 7.57. The molecule has 0 amide bonds. The van der Waals surface area contributed by atoms with Crippen molar-refractivity contribution in [3.63, 3.8) is 0 Å². The molecule has 0 radical (unpaired) electrons. The summed E-state index contributed by atoms with van der Waals surface area (Å²) in [6, 6.07) is 11.5. The van der Waals surface area contributed by atoms with Gasteiger partial charge in [-0.25, -0.2) is 0 Å². The smallest absolute Gasteiger partial charge is 0.157 e. The van der Waals surface area contributed by atoms with Gasteiger partial charge in [0.15, 0.2) is 23.0 Å². The first-order valence-corrected chi connectivity index (χ1v) is 9.79. The summed E-state index contributed by atoms with van der Waals surface area (Å²) in [6.07, 6.45) is 0.398. The Labute approximate surface area is 178 Å². The van der Waals surface area contributed by atoms with Gasteiger partial charge in [0.05, 0.1) is 6.04 Å². The maximum Gasteiger partial charge on any atom is 0.157 e. The molecule has 8 nitrogen and oxygen atoms in total. The summed E-state index contributed by atoms with van der Waals surface area (Å²) >= 11 is 0. The topological polar surface area (TPSA) is 143 Å². The molecule has 0 aliphatic carbocycles. The number of rotatable bonds is 5. The maximum atomic E-state index is 10.3. The Balaban J connectivity index is 1.58. The molecule has 3 aromatic carbocycles. The van der Waals surface area contributed by atoms with E-state index in [1.807, 2.05) is 0 Å². The van der Waals surface area contributed by atoms with Gasteiger partial charge in [-0.1, -0.05) is 12.1 Å². The Hall–Kier alpha value is -3.78. The zero-order chi connectivity index (χ0) is 22.1. The molecular formula is C23H23NO7. The van der Waals surface area contributed by atoms with Crippen LogP contribution in [0.25, 0.3) is 0 Å². The minimum absolute atomic E-state index is 0.0720. The normalized spacial score (nSPS) is 17.7. The molecule has 4 rings (SSSR count). The van der Waals surface area contributed by atoms with Crippen molar-refractivity contribution in [2.45, 2.75) is 25.0 Å². The van der Waals surface area contributed by atoms with E-state index in [0.29, 0.717) is 36.3 Å². The number of nitrogens with one attached hydrogen (secondary N) is 1. The van der Waals surface area contributed by atoms with Crippen LogP contribution in [-0.2, 0) is 12.8 Å². The summed E-state index contributed by atoms with van der Waals surface area (Å²) < 4.78 is 6.08. The number of fused-ring (bicyclic) bond motifs is 1. The Bertz CT molecular complexity index is 1120. The van der Waals surface area contributed by atoms with Gasteiger partial charge < -0.3 is 40.7 Å². The SMILES string of the molecule is Oc1cc(O)c2c(c1)OC(c1ccc(O)c(O)c1)C(NCCc1ccc(O)c(O)c1)C2. The molecular weight excluding hydrogens is 402 g/mol. The summed E-state index contributed by atoms with van der Waals surface area (Å²) in [7, 11) is 0. The van der Waals surface area contributed by atoms with Crippen LogP contribution in [-0.4, -0.2) is 43.2 Å². The van der Waals surface area contributed by atoms with E-state index < -0.39 is 6.10 Å². The Morgan fingerprint density at radius 2 is 1.48 bits per heavy atom. The van der Waals surface area contributed by atoms with Gasteiger partial charge in [-0.2, -0.15) is 0 Å². The predicted molar refractivity (Wildman–Crippen MR) is 112 cm³/mol. The summed E-state index contributed by atoms with van der Waals surface area (Å²) in [5.41, 5.74) is 1.99. The molecule has 3 aromatic rings. The Morgan fingerprint density at radius 3 is 2.19 bits per heavy atom. The molecule has 1 heterocycles. The van der Waals surface area contributed by atoms with Crippen molar-refractivity contribution in [2.24, 2.45) is 0 Å². The van der Waals surface area contributed by atoms with Gasteiger partial charge in [-0.15, -0.1) is 0 Å². The van der Waals surface area contributed by atoms with Crippen LogP contribution in [0.15, 0.2) is 48.5 Å². The number of benzene rings is 3. The van der Waals surface area contributed by atoms with Crippen LogP contribution in [0.5, 0.6) is 40.2 Å². The average Bonchev–Trinajstić information content (AvgIpc) is 2.72. The first-order chi connectivity index (χ1) is 14.8. The van der Waals surface area contributed by atoms with Gasteiger partial charge in [0.2, 0.25) is 0 Å². The fourth-order valence-electron chi connectivity index (χ4n) is 3.80. The fourth-order valence-corrected chi connectivity index (χ4v) is 3.80. The van der Waals surface area contributed by atoms with Gasteiger partial charge in [0.25, 0.3) is 0 Å². The number of phenols is 6. The monoisotopic (exact) mass is 425 g/mol. The third-order valence-corrected chi connectivity index (χ3v) is 5.40. The number of hydrogen-bond donors (Lipinski definition) is 7. The van der Waals surface area contributed by atoms with Crippen molar-refractivity contribution in [1.82, 2.24) is 5.32 Å². The number of ether oxygens (including phenoxy) is 1. The minimum Gasteiger partial charge on any atom is -0.508 e. The third-order valence-electron chi connectivity index (χ3n) is 5.40. The van der Waals surface area contributed by atoms with Crippen LogP contribution in [0.2, 0.25) is 0 Å². The first-order valence-electron chi connectivity index (χ1n) is 9.79. The lowest BCUT2D eigenvalue weighted by atomic mass is 9.91. The van der Waals surface area contributed by atoms with E-state index in [-0.39, 0.29) is 40.5 Å². The number of hydrogen-bond acceptors (Lipinski definition) is 8. The quantitative estimate of drug-likeness (QED) is 0.309. The van der Waals surface area contributed by atoms with Gasteiger partial charge in [-0.3, -0.25) is 0 Å². The van der Waals surface area contributed by atoms with E-state index in [1.54, 1.807) is 12.1 Å². The highest BCUT2D eigenvalue weighted by Gasteiger charge is 2.33. The van der Waals surface area contributed by atoms with E-state index in [2.05, 4.69) is 5.32 Å².